The number of nitrogens with zero attached hydrogens (tertiary/aromatic N) is 4. The highest BCUT2D eigenvalue weighted by molar-refractivity contribution is 7.15. The molecule has 0 fully saturated rings. The van der Waals surface area contributed by atoms with Gasteiger partial charge in [0.1, 0.15) is 12.0 Å². The number of aryl methyl sites for hydroxylation is 1. The fourth-order valence-electron chi connectivity index (χ4n) is 3.56. The molecule has 31 heavy (non-hydrogen) atoms. The molecule has 1 aliphatic heterocycles. The average molecular weight is 433 g/mol. The number of hydrogen-bond donors (Lipinski definition) is 1. The fourth-order valence-corrected chi connectivity index (χ4v) is 4.58. The standard InChI is InChI=1S/C22H19N5O3S/c1-26-18(11-17(25-26)14-5-3-2-4-6-14)21(29)27-9-7-16-19(12-27)31-22(23-16)24-20(28)15-8-10-30-13-15/h2-6,8,10-11,13H,7,9,12H2,1H3,(H,23,24,28). The molecule has 0 unspecified atom stereocenters. The van der Waals surface area contributed by atoms with E-state index in [1.165, 1.54) is 23.9 Å². The number of aromatic nitrogens is 3. The van der Waals surface area contributed by atoms with Crippen LogP contribution in [0.2, 0.25) is 0 Å². The molecule has 0 aliphatic carbocycles. The quantitative estimate of drug-likeness (QED) is 0.531. The number of thiazole rings is 1. The van der Waals surface area contributed by atoms with Gasteiger partial charge >= 0.3 is 0 Å². The Kier molecular flexibility index (Phi) is 4.87. The van der Waals surface area contributed by atoms with Crippen molar-refractivity contribution in [1.29, 1.82) is 0 Å². The van der Waals surface area contributed by atoms with E-state index in [0.29, 0.717) is 35.9 Å². The van der Waals surface area contributed by atoms with Gasteiger partial charge in [0.2, 0.25) is 0 Å². The molecule has 4 heterocycles. The summed E-state index contributed by atoms with van der Waals surface area (Å²) in [5.41, 5.74) is 3.65. The van der Waals surface area contributed by atoms with Crippen LogP contribution in [0.4, 0.5) is 5.13 Å². The van der Waals surface area contributed by atoms with Crippen LogP contribution in [0.15, 0.2) is 59.4 Å². The molecule has 0 saturated carbocycles. The maximum atomic E-state index is 13.2. The van der Waals surface area contributed by atoms with Crippen LogP contribution in [0.1, 0.15) is 31.4 Å². The smallest absolute Gasteiger partial charge is 0.272 e. The molecule has 0 radical (unpaired) electrons. The zero-order valence-corrected chi connectivity index (χ0v) is 17.6. The third-order valence-corrected chi connectivity index (χ3v) is 6.19. The van der Waals surface area contributed by atoms with E-state index in [9.17, 15) is 9.59 Å². The van der Waals surface area contributed by atoms with E-state index in [0.717, 1.165) is 21.8 Å². The molecule has 0 atom stereocenters. The molecule has 0 spiro atoms. The van der Waals surface area contributed by atoms with E-state index in [1.807, 2.05) is 36.4 Å². The predicted octanol–water partition coefficient (Wildman–Crippen LogP) is 3.59. The summed E-state index contributed by atoms with van der Waals surface area (Å²) in [5.74, 6) is -0.337. The zero-order valence-electron chi connectivity index (χ0n) is 16.7. The number of nitrogens with one attached hydrogen (secondary N) is 1. The number of rotatable bonds is 4. The number of furan rings is 1. The molecule has 4 aromatic rings. The Morgan fingerprint density at radius 3 is 2.81 bits per heavy atom. The molecule has 156 valence electrons. The highest BCUT2D eigenvalue weighted by Crippen LogP contribution is 2.30. The van der Waals surface area contributed by atoms with Crippen LogP contribution in [0, 0.1) is 0 Å². The minimum atomic E-state index is -0.267. The van der Waals surface area contributed by atoms with Crippen LogP contribution in [0.3, 0.4) is 0 Å². The molecule has 0 saturated heterocycles. The lowest BCUT2D eigenvalue weighted by Crippen LogP contribution is -2.36. The van der Waals surface area contributed by atoms with Crippen LogP contribution >= 0.6 is 11.3 Å². The molecule has 1 aliphatic rings. The second-order valence-electron chi connectivity index (χ2n) is 7.24. The third-order valence-electron chi connectivity index (χ3n) is 5.19. The van der Waals surface area contributed by atoms with E-state index in [2.05, 4.69) is 15.4 Å². The monoisotopic (exact) mass is 433 g/mol. The minimum absolute atomic E-state index is 0.0692. The highest BCUT2D eigenvalue weighted by atomic mass is 32.1. The molecule has 1 aromatic carbocycles. The molecular formula is C22H19N5O3S. The average Bonchev–Trinajstić information content (AvgIpc) is 3.53. The number of fused-ring (bicyclic) bond motifs is 1. The van der Waals surface area contributed by atoms with Gasteiger partial charge in [0, 0.05) is 30.5 Å². The van der Waals surface area contributed by atoms with Crippen LogP contribution in [-0.4, -0.2) is 38.0 Å². The molecule has 8 nitrogen and oxygen atoms in total. The Hall–Kier alpha value is -3.72. The summed E-state index contributed by atoms with van der Waals surface area (Å²) < 4.78 is 6.58. The van der Waals surface area contributed by atoms with Crippen molar-refractivity contribution in [3.63, 3.8) is 0 Å². The summed E-state index contributed by atoms with van der Waals surface area (Å²) in [6.45, 7) is 1.02. The number of amides is 2. The Labute approximate surface area is 182 Å². The van der Waals surface area contributed by atoms with E-state index < -0.39 is 0 Å². The van der Waals surface area contributed by atoms with Gasteiger partial charge in [-0.05, 0) is 12.1 Å². The summed E-state index contributed by atoms with van der Waals surface area (Å²) in [6.07, 6.45) is 3.48. The van der Waals surface area contributed by atoms with Crippen LogP contribution < -0.4 is 5.32 Å². The van der Waals surface area contributed by atoms with E-state index >= 15 is 0 Å². The second-order valence-corrected chi connectivity index (χ2v) is 8.32. The highest BCUT2D eigenvalue weighted by Gasteiger charge is 2.27. The van der Waals surface area contributed by atoms with Crippen LogP contribution in [0.5, 0.6) is 0 Å². The first kappa shape index (κ1) is 19.3. The van der Waals surface area contributed by atoms with Crippen molar-refractivity contribution >= 4 is 28.3 Å². The molecule has 2 amide bonds. The van der Waals surface area contributed by atoms with Gasteiger partial charge in [-0.15, -0.1) is 0 Å². The van der Waals surface area contributed by atoms with Crippen molar-refractivity contribution in [2.75, 3.05) is 11.9 Å². The minimum Gasteiger partial charge on any atom is -0.472 e. The maximum absolute atomic E-state index is 13.2. The van der Waals surface area contributed by atoms with Crippen LogP contribution in [0.25, 0.3) is 11.3 Å². The first-order valence-corrected chi connectivity index (χ1v) is 10.6. The van der Waals surface area contributed by atoms with E-state index in [4.69, 9.17) is 4.42 Å². The Morgan fingerprint density at radius 2 is 2.03 bits per heavy atom. The van der Waals surface area contributed by atoms with Gasteiger partial charge in [0.25, 0.3) is 11.8 Å². The lowest BCUT2D eigenvalue weighted by molar-refractivity contribution is 0.0725. The predicted molar refractivity (Wildman–Crippen MR) is 116 cm³/mol. The molecule has 9 heteroatoms. The van der Waals surface area contributed by atoms with Crippen molar-refractivity contribution in [3.8, 4) is 11.3 Å². The maximum Gasteiger partial charge on any atom is 0.272 e. The van der Waals surface area contributed by atoms with Crippen molar-refractivity contribution in [2.45, 2.75) is 13.0 Å². The normalized spacial score (nSPS) is 13.1. The molecular weight excluding hydrogens is 414 g/mol. The van der Waals surface area contributed by atoms with E-state index in [1.54, 1.807) is 22.7 Å². The summed E-state index contributed by atoms with van der Waals surface area (Å²) >= 11 is 1.39. The lowest BCUT2D eigenvalue weighted by Gasteiger charge is -2.25. The van der Waals surface area contributed by atoms with Crippen LogP contribution in [-0.2, 0) is 20.0 Å². The van der Waals surface area contributed by atoms with E-state index in [-0.39, 0.29) is 11.8 Å². The lowest BCUT2D eigenvalue weighted by atomic mass is 10.1. The summed E-state index contributed by atoms with van der Waals surface area (Å²) in [4.78, 5) is 32.7. The van der Waals surface area contributed by atoms with Gasteiger partial charge in [-0.2, -0.15) is 5.10 Å². The molecule has 1 N–H and O–H groups in total. The van der Waals surface area contributed by atoms with Crippen molar-refractivity contribution in [3.05, 3.63) is 76.8 Å². The molecule has 3 aromatic heterocycles. The Bertz CT molecular complexity index is 1240. The zero-order chi connectivity index (χ0) is 21.4. The third kappa shape index (κ3) is 3.75. The van der Waals surface area contributed by atoms with Gasteiger partial charge in [-0.25, -0.2) is 4.98 Å². The Morgan fingerprint density at radius 1 is 1.19 bits per heavy atom. The number of carbonyl (C=O) groups excluding carboxylic acids is 2. The first-order chi connectivity index (χ1) is 15.1. The van der Waals surface area contributed by atoms with Gasteiger partial charge in [0.05, 0.1) is 29.8 Å². The van der Waals surface area contributed by atoms with Crippen molar-refractivity contribution in [2.24, 2.45) is 7.05 Å². The largest absolute Gasteiger partial charge is 0.472 e. The van der Waals surface area contributed by atoms with Gasteiger partial charge < -0.3 is 9.32 Å². The second kappa shape index (κ2) is 7.84. The first-order valence-electron chi connectivity index (χ1n) is 9.79. The summed E-state index contributed by atoms with van der Waals surface area (Å²) in [7, 11) is 1.78. The number of anilines is 1. The number of benzene rings is 1. The van der Waals surface area contributed by atoms with Gasteiger partial charge in [-0.3, -0.25) is 19.6 Å². The fraction of sp³-hybridized carbons (Fsp3) is 0.182. The number of hydrogen-bond acceptors (Lipinski definition) is 6. The summed E-state index contributed by atoms with van der Waals surface area (Å²) in [5, 5.41) is 7.83. The number of carbonyl (C=O) groups is 2. The van der Waals surface area contributed by atoms with Gasteiger partial charge in [0.15, 0.2) is 5.13 Å². The van der Waals surface area contributed by atoms with Crippen molar-refractivity contribution < 1.29 is 14.0 Å². The van der Waals surface area contributed by atoms with Gasteiger partial charge in [-0.1, -0.05) is 41.7 Å². The molecule has 5 rings (SSSR count). The summed E-state index contributed by atoms with van der Waals surface area (Å²) in [6, 6.07) is 13.2. The Balaban J connectivity index is 1.32. The SMILES string of the molecule is Cn1nc(-c2ccccc2)cc1C(=O)N1CCc2nc(NC(=O)c3ccoc3)sc2C1. The molecule has 0 bridgehead atoms. The topological polar surface area (TPSA) is 93.3 Å². The van der Waals surface area contributed by atoms with Crippen molar-refractivity contribution in [1.82, 2.24) is 19.7 Å².